The normalized spacial score (nSPS) is 14.2. The Morgan fingerprint density at radius 3 is 2.75 bits per heavy atom. The fourth-order valence-electron chi connectivity index (χ4n) is 1.36. The van der Waals surface area contributed by atoms with Crippen LogP contribution in [0.25, 0.3) is 0 Å². The van der Waals surface area contributed by atoms with Crippen LogP contribution in [0.15, 0.2) is 6.33 Å². The Bertz CT molecular complexity index is 398. The summed E-state index contributed by atoms with van der Waals surface area (Å²) in [5.41, 5.74) is 5.44. The molecule has 0 aromatic carbocycles. The second kappa shape index (κ2) is 5.37. The molecular formula is C8H17N5O2S. The largest absolute Gasteiger partial charge is 0.329 e. The van der Waals surface area contributed by atoms with Crippen molar-refractivity contribution in [2.45, 2.75) is 25.1 Å². The number of nitrogens with one attached hydrogen (secondary N) is 1. The van der Waals surface area contributed by atoms with Gasteiger partial charge in [-0.3, -0.25) is 5.10 Å². The Labute approximate surface area is 95.1 Å². The van der Waals surface area contributed by atoms with E-state index < -0.39 is 15.3 Å². The quantitative estimate of drug-likeness (QED) is 0.692. The first kappa shape index (κ1) is 13.1. The van der Waals surface area contributed by atoms with E-state index in [2.05, 4.69) is 15.2 Å². The van der Waals surface area contributed by atoms with Crippen molar-refractivity contribution in [3.05, 3.63) is 12.2 Å². The molecule has 0 aliphatic carbocycles. The summed E-state index contributed by atoms with van der Waals surface area (Å²) in [7, 11) is -1.85. The molecule has 1 atom stereocenters. The van der Waals surface area contributed by atoms with Crippen molar-refractivity contribution in [2.24, 2.45) is 5.73 Å². The Morgan fingerprint density at radius 2 is 2.31 bits per heavy atom. The van der Waals surface area contributed by atoms with Gasteiger partial charge in [0.1, 0.15) is 12.2 Å². The highest BCUT2D eigenvalue weighted by atomic mass is 32.2. The zero-order valence-corrected chi connectivity index (χ0v) is 10.2. The van der Waals surface area contributed by atoms with Crippen LogP contribution in [0.2, 0.25) is 0 Å². The Kier molecular flexibility index (Phi) is 4.39. The highest BCUT2D eigenvalue weighted by Gasteiger charge is 2.27. The monoisotopic (exact) mass is 247 g/mol. The standard InChI is InChI=1S/C8H17N5O2S/c1-3-7(4-9)16(14,15)13(2)5-8-10-6-11-12-8/h6-7H,3-5,9H2,1-2H3,(H,10,11,12). The third kappa shape index (κ3) is 2.77. The topological polar surface area (TPSA) is 105 Å². The van der Waals surface area contributed by atoms with Crippen LogP contribution in [0.3, 0.4) is 0 Å². The number of aromatic nitrogens is 3. The van der Waals surface area contributed by atoms with Crippen molar-refractivity contribution < 1.29 is 8.42 Å². The van der Waals surface area contributed by atoms with Gasteiger partial charge in [0.05, 0.1) is 11.8 Å². The number of H-pyrrole nitrogens is 1. The first-order valence-electron chi connectivity index (χ1n) is 5.01. The number of sulfonamides is 1. The second-order valence-corrected chi connectivity index (χ2v) is 5.82. The van der Waals surface area contributed by atoms with E-state index in [1.807, 2.05) is 0 Å². The lowest BCUT2D eigenvalue weighted by Gasteiger charge is -2.21. The molecule has 16 heavy (non-hydrogen) atoms. The SMILES string of the molecule is CCC(CN)S(=O)(=O)N(C)Cc1ncn[nH]1. The molecule has 0 fully saturated rings. The van der Waals surface area contributed by atoms with E-state index in [1.54, 1.807) is 6.92 Å². The average molecular weight is 247 g/mol. The number of nitrogens with zero attached hydrogens (tertiary/aromatic N) is 3. The van der Waals surface area contributed by atoms with Crippen LogP contribution < -0.4 is 5.73 Å². The fraction of sp³-hybridized carbons (Fsp3) is 0.750. The van der Waals surface area contributed by atoms with E-state index in [9.17, 15) is 8.42 Å². The molecule has 0 amide bonds. The lowest BCUT2D eigenvalue weighted by molar-refractivity contribution is 0.445. The molecule has 0 saturated carbocycles. The molecule has 0 spiro atoms. The van der Waals surface area contributed by atoms with Crippen molar-refractivity contribution in [1.82, 2.24) is 19.5 Å². The Balaban J connectivity index is 2.76. The first-order chi connectivity index (χ1) is 7.52. The number of nitrogens with two attached hydrogens (primary N) is 1. The van der Waals surface area contributed by atoms with Gasteiger partial charge in [0, 0.05) is 13.6 Å². The number of hydrogen-bond acceptors (Lipinski definition) is 5. The summed E-state index contributed by atoms with van der Waals surface area (Å²) in [5, 5.41) is 5.74. The van der Waals surface area contributed by atoms with Crippen molar-refractivity contribution in [3.63, 3.8) is 0 Å². The van der Waals surface area contributed by atoms with Gasteiger partial charge in [0.25, 0.3) is 0 Å². The predicted molar refractivity (Wildman–Crippen MR) is 59.9 cm³/mol. The highest BCUT2D eigenvalue weighted by Crippen LogP contribution is 2.11. The molecule has 0 aliphatic heterocycles. The molecule has 1 aromatic rings. The van der Waals surface area contributed by atoms with Crippen LogP contribution in [0.1, 0.15) is 19.2 Å². The van der Waals surface area contributed by atoms with Gasteiger partial charge in [-0.15, -0.1) is 0 Å². The molecule has 7 nitrogen and oxygen atoms in total. The number of aromatic amines is 1. The molecule has 1 rings (SSSR count). The molecule has 0 bridgehead atoms. The maximum Gasteiger partial charge on any atom is 0.218 e. The van der Waals surface area contributed by atoms with Crippen LogP contribution in [-0.2, 0) is 16.6 Å². The molecule has 92 valence electrons. The van der Waals surface area contributed by atoms with Crippen LogP contribution in [0.5, 0.6) is 0 Å². The summed E-state index contributed by atoms with van der Waals surface area (Å²) in [6.45, 7) is 2.11. The smallest absolute Gasteiger partial charge is 0.218 e. The van der Waals surface area contributed by atoms with E-state index >= 15 is 0 Å². The van der Waals surface area contributed by atoms with Crippen molar-refractivity contribution in [3.8, 4) is 0 Å². The van der Waals surface area contributed by atoms with E-state index in [-0.39, 0.29) is 13.1 Å². The molecule has 0 aliphatic rings. The van der Waals surface area contributed by atoms with Gasteiger partial charge in [-0.05, 0) is 6.42 Å². The summed E-state index contributed by atoms with van der Waals surface area (Å²) < 4.78 is 25.3. The zero-order valence-electron chi connectivity index (χ0n) is 9.42. The molecule has 1 aromatic heterocycles. The van der Waals surface area contributed by atoms with Gasteiger partial charge < -0.3 is 5.73 Å². The molecule has 1 unspecified atom stereocenters. The van der Waals surface area contributed by atoms with Crippen molar-refractivity contribution in [1.29, 1.82) is 0 Å². The summed E-state index contributed by atoms with van der Waals surface area (Å²) in [6, 6.07) is 0. The zero-order chi connectivity index (χ0) is 12.2. The third-order valence-corrected chi connectivity index (χ3v) is 4.78. The lowest BCUT2D eigenvalue weighted by Crippen LogP contribution is -2.39. The summed E-state index contributed by atoms with van der Waals surface area (Å²) in [6.07, 6.45) is 1.84. The summed E-state index contributed by atoms with van der Waals surface area (Å²) in [5.74, 6) is 0.512. The average Bonchev–Trinajstić information content (AvgIpc) is 2.71. The van der Waals surface area contributed by atoms with Gasteiger partial charge in [-0.25, -0.2) is 13.4 Å². The first-order valence-corrected chi connectivity index (χ1v) is 6.52. The van der Waals surface area contributed by atoms with Crippen LogP contribution in [0.4, 0.5) is 0 Å². The Hall–Kier alpha value is -0.990. The molecule has 1 heterocycles. The molecule has 0 saturated heterocycles. The van der Waals surface area contributed by atoms with Gasteiger partial charge in [0.15, 0.2) is 0 Å². The third-order valence-electron chi connectivity index (χ3n) is 2.41. The van der Waals surface area contributed by atoms with E-state index in [0.717, 1.165) is 0 Å². The van der Waals surface area contributed by atoms with Crippen LogP contribution in [0, 0.1) is 0 Å². The van der Waals surface area contributed by atoms with Crippen molar-refractivity contribution >= 4 is 10.0 Å². The van der Waals surface area contributed by atoms with Gasteiger partial charge in [-0.2, -0.15) is 9.40 Å². The number of rotatable bonds is 6. The fourth-order valence-corrected chi connectivity index (χ4v) is 2.84. The Morgan fingerprint density at radius 1 is 1.62 bits per heavy atom. The minimum absolute atomic E-state index is 0.125. The predicted octanol–water partition coefficient (Wildman–Crippen LogP) is -0.696. The minimum Gasteiger partial charge on any atom is -0.329 e. The van der Waals surface area contributed by atoms with Gasteiger partial charge in [-0.1, -0.05) is 6.92 Å². The lowest BCUT2D eigenvalue weighted by atomic mass is 10.3. The van der Waals surface area contributed by atoms with Crippen LogP contribution >= 0.6 is 0 Å². The maximum atomic E-state index is 12.0. The molecule has 0 radical (unpaired) electrons. The molecular weight excluding hydrogens is 230 g/mol. The summed E-state index contributed by atoms with van der Waals surface area (Å²) in [4.78, 5) is 3.88. The highest BCUT2D eigenvalue weighted by molar-refractivity contribution is 7.89. The minimum atomic E-state index is -3.36. The second-order valence-electron chi connectivity index (χ2n) is 3.50. The van der Waals surface area contributed by atoms with E-state index in [1.165, 1.54) is 17.7 Å². The van der Waals surface area contributed by atoms with Gasteiger partial charge in [0.2, 0.25) is 10.0 Å². The van der Waals surface area contributed by atoms with E-state index in [4.69, 9.17) is 5.73 Å². The van der Waals surface area contributed by atoms with E-state index in [0.29, 0.717) is 12.2 Å². The van der Waals surface area contributed by atoms with Gasteiger partial charge >= 0.3 is 0 Å². The maximum absolute atomic E-state index is 12.0. The molecule has 3 N–H and O–H groups in total. The summed E-state index contributed by atoms with van der Waals surface area (Å²) >= 11 is 0. The molecule has 8 heteroatoms. The number of hydrogen-bond donors (Lipinski definition) is 2. The van der Waals surface area contributed by atoms with Crippen LogP contribution in [-0.4, -0.2) is 46.7 Å². The van der Waals surface area contributed by atoms with Crippen molar-refractivity contribution in [2.75, 3.05) is 13.6 Å².